The predicted molar refractivity (Wildman–Crippen MR) is 84.3 cm³/mol. The zero-order valence-electron chi connectivity index (χ0n) is 11.6. The Morgan fingerprint density at radius 1 is 1.10 bits per heavy atom. The van der Waals surface area contributed by atoms with Crippen molar-refractivity contribution in [2.24, 2.45) is 0 Å². The molecule has 5 nitrogen and oxygen atoms in total. The number of aliphatic hydroxyl groups is 1. The number of fused-ring (bicyclic) bond motifs is 1. The summed E-state index contributed by atoms with van der Waals surface area (Å²) >= 11 is 0. The summed E-state index contributed by atoms with van der Waals surface area (Å²) in [4.78, 5) is 8.71. The molecular weight excluding hydrogens is 264 g/mol. The summed E-state index contributed by atoms with van der Waals surface area (Å²) in [7, 11) is 0. The number of nitrogens with two attached hydrogens (primary N) is 1. The maximum atomic E-state index is 9.62. The fraction of sp³-hybridized carbons (Fsp3) is 0.125. The monoisotopic (exact) mass is 280 g/mol. The minimum atomic E-state index is -0.519. The molecule has 0 aliphatic heterocycles. The average Bonchev–Trinajstić information content (AvgIpc) is 2.47. The zero-order valence-corrected chi connectivity index (χ0v) is 11.6. The number of aliphatic hydroxyl groups excluding tert-OH is 1. The smallest absolute Gasteiger partial charge is 0.229 e. The van der Waals surface area contributed by atoms with Crippen LogP contribution in [-0.2, 0) is 0 Å². The van der Waals surface area contributed by atoms with Gasteiger partial charge >= 0.3 is 0 Å². The first-order chi connectivity index (χ1) is 10.1. The highest BCUT2D eigenvalue weighted by atomic mass is 16.3. The normalized spacial score (nSPS) is 12.3. The molecule has 1 unspecified atom stereocenters. The van der Waals surface area contributed by atoms with Crippen LogP contribution in [0, 0.1) is 0 Å². The van der Waals surface area contributed by atoms with Gasteiger partial charge in [-0.05, 0) is 36.8 Å². The van der Waals surface area contributed by atoms with E-state index >= 15 is 0 Å². The van der Waals surface area contributed by atoms with Crippen molar-refractivity contribution < 1.29 is 5.11 Å². The van der Waals surface area contributed by atoms with E-state index in [1.165, 1.54) is 0 Å². The molecule has 0 aliphatic rings. The molecule has 0 saturated heterocycles. The van der Waals surface area contributed by atoms with Gasteiger partial charge in [-0.25, -0.2) is 4.98 Å². The molecule has 2 aromatic carbocycles. The van der Waals surface area contributed by atoms with Crippen LogP contribution in [0.5, 0.6) is 0 Å². The molecule has 0 radical (unpaired) electrons. The third kappa shape index (κ3) is 2.78. The van der Waals surface area contributed by atoms with Gasteiger partial charge in [0.25, 0.3) is 0 Å². The second kappa shape index (κ2) is 5.38. The number of benzene rings is 2. The summed E-state index contributed by atoms with van der Waals surface area (Å²) in [5.41, 5.74) is 8.38. The Hall–Kier alpha value is -2.66. The number of hydrogen-bond donors (Lipinski definition) is 3. The lowest BCUT2D eigenvalue weighted by Crippen LogP contribution is -2.02. The van der Waals surface area contributed by atoms with E-state index in [-0.39, 0.29) is 0 Å². The van der Waals surface area contributed by atoms with Crippen molar-refractivity contribution >= 4 is 28.4 Å². The number of nitrogens with zero attached hydrogens (tertiary/aromatic N) is 2. The molecule has 3 aromatic rings. The lowest BCUT2D eigenvalue weighted by atomic mass is 10.1. The van der Waals surface area contributed by atoms with Crippen LogP contribution in [0.2, 0.25) is 0 Å². The summed E-state index contributed by atoms with van der Waals surface area (Å²) in [5.74, 6) is 0.878. The number of para-hydroxylation sites is 1. The fourth-order valence-corrected chi connectivity index (χ4v) is 2.16. The van der Waals surface area contributed by atoms with Crippen LogP contribution < -0.4 is 11.1 Å². The zero-order chi connectivity index (χ0) is 14.8. The van der Waals surface area contributed by atoms with Crippen molar-refractivity contribution in [3.05, 3.63) is 54.1 Å². The van der Waals surface area contributed by atoms with E-state index in [2.05, 4.69) is 15.3 Å². The molecule has 0 amide bonds. The second-order valence-electron chi connectivity index (χ2n) is 4.88. The highest BCUT2D eigenvalue weighted by molar-refractivity contribution is 5.89. The first kappa shape index (κ1) is 13.3. The molecule has 0 spiro atoms. The molecule has 5 heteroatoms. The molecule has 1 atom stereocenters. The Bertz CT molecular complexity index is 786. The van der Waals surface area contributed by atoms with Crippen LogP contribution in [-0.4, -0.2) is 15.1 Å². The van der Waals surface area contributed by atoms with Gasteiger partial charge in [0, 0.05) is 11.1 Å². The molecule has 4 N–H and O–H groups in total. The minimum Gasteiger partial charge on any atom is -0.389 e. The van der Waals surface area contributed by atoms with Gasteiger partial charge < -0.3 is 16.2 Å². The van der Waals surface area contributed by atoms with Gasteiger partial charge in [0.05, 0.1) is 11.6 Å². The third-order valence-electron chi connectivity index (χ3n) is 3.26. The summed E-state index contributed by atoms with van der Waals surface area (Å²) in [6.07, 6.45) is -0.519. The number of rotatable bonds is 3. The van der Waals surface area contributed by atoms with Crippen molar-refractivity contribution in [3.8, 4) is 0 Å². The van der Waals surface area contributed by atoms with E-state index in [4.69, 9.17) is 5.73 Å². The van der Waals surface area contributed by atoms with Crippen molar-refractivity contribution in [1.29, 1.82) is 0 Å². The van der Waals surface area contributed by atoms with Crippen LogP contribution in [0.1, 0.15) is 18.6 Å². The van der Waals surface area contributed by atoms with Gasteiger partial charge in [-0.1, -0.05) is 24.3 Å². The second-order valence-corrected chi connectivity index (χ2v) is 4.88. The molecule has 0 bridgehead atoms. The largest absolute Gasteiger partial charge is 0.389 e. The van der Waals surface area contributed by atoms with Gasteiger partial charge in [-0.3, -0.25) is 0 Å². The van der Waals surface area contributed by atoms with E-state index in [9.17, 15) is 5.11 Å². The SMILES string of the molecule is CC(O)c1cccc(Nc2nc(N)c3ccccc3n2)c1. The van der Waals surface area contributed by atoms with E-state index in [0.29, 0.717) is 11.8 Å². The summed E-state index contributed by atoms with van der Waals surface area (Å²) in [6, 6.07) is 15.1. The molecule has 1 aromatic heterocycles. The van der Waals surface area contributed by atoms with Gasteiger partial charge in [0.2, 0.25) is 5.95 Å². The maximum absolute atomic E-state index is 9.62. The fourth-order valence-electron chi connectivity index (χ4n) is 2.16. The van der Waals surface area contributed by atoms with E-state index in [1.54, 1.807) is 6.92 Å². The van der Waals surface area contributed by atoms with E-state index in [1.807, 2.05) is 48.5 Å². The summed E-state index contributed by atoms with van der Waals surface area (Å²) in [6.45, 7) is 1.73. The van der Waals surface area contributed by atoms with Crippen LogP contribution in [0.3, 0.4) is 0 Å². The number of nitrogen functional groups attached to an aromatic ring is 1. The van der Waals surface area contributed by atoms with Crippen LogP contribution >= 0.6 is 0 Å². The van der Waals surface area contributed by atoms with E-state index < -0.39 is 6.10 Å². The number of nitrogens with one attached hydrogen (secondary N) is 1. The Labute approximate surface area is 122 Å². The van der Waals surface area contributed by atoms with E-state index in [0.717, 1.165) is 22.2 Å². The van der Waals surface area contributed by atoms with Gasteiger partial charge in [0.15, 0.2) is 0 Å². The number of hydrogen-bond acceptors (Lipinski definition) is 5. The highest BCUT2D eigenvalue weighted by Gasteiger charge is 2.06. The molecule has 1 heterocycles. The predicted octanol–water partition coefficient (Wildman–Crippen LogP) is 3.01. The Balaban J connectivity index is 1.96. The first-order valence-corrected chi connectivity index (χ1v) is 6.71. The molecule has 3 rings (SSSR count). The van der Waals surface area contributed by atoms with Crippen molar-refractivity contribution in [3.63, 3.8) is 0 Å². The topological polar surface area (TPSA) is 84.1 Å². The molecule has 106 valence electrons. The quantitative estimate of drug-likeness (QED) is 0.687. The average molecular weight is 280 g/mol. The number of aromatic nitrogens is 2. The minimum absolute atomic E-state index is 0.439. The van der Waals surface area contributed by atoms with Crippen molar-refractivity contribution in [2.45, 2.75) is 13.0 Å². The summed E-state index contributed by atoms with van der Waals surface area (Å²) in [5, 5.41) is 13.6. The standard InChI is InChI=1S/C16H16N4O/c1-10(21)11-5-4-6-12(9-11)18-16-19-14-8-3-2-7-13(14)15(17)20-16/h2-10,21H,1H3,(H3,17,18,19,20). The van der Waals surface area contributed by atoms with Crippen molar-refractivity contribution in [1.82, 2.24) is 9.97 Å². The molecule has 0 saturated carbocycles. The maximum Gasteiger partial charge on any atom is 0.229 e. The Kier molecular flexibility index (Phi) is 3.41. The van der Waals surface area contributed by atoms with Crippen molar-refractivity contribution in [2.75, 3.05) is 11.1 Å². The first-order valence-electron chi connectivity index (χ1n) is 6.71. The molecular formula is C16H16N4O. The lowest BCUT2D eigenvalue weighted by molar-refractivity contribution is 0.199. The van der Waals surface area contributed by atoms with Gasteiger partial charge in [-0.15, -0.1) is 0 Å². The molecule has 0 aliphatic carbocycles. The highest BCUT2D eigenvalue weighted by Crippen LogP contribution is 2.23. The van der Waals surface area contributed by atoms with Gasteiger partial charge in [0.1, 0.15) is 5.82 Å². The summed E-state index contributed by atoms with van der Waals surface area (Å²) < 4.78 is 0. The molecule has 0 fully saturated rings. The van der Waals surface area contributed by atoms with Crippen LogP contribution in [0.4, 0.5) is 17.5 Å². The van der Waals surface area contributed by atoms with Gasteiger partial charge in [-0.2, -0.15) is 4.98 Å². The Morgan fingerprint density at radius 3 is 2.71 bits per heavy atom. The van der Waals surface area contributed by atoms with Crippen LogP contribution in [0.25, 0.3) is 10.9 Å². The molecule has 21 heavy (non-hydrogen) atoms. The lowest BCUT2D eigenvalue weighted by Gasteiger charge is -2.10. The number of anilines is 3. The Morgan fingerprint density at radius 2 is 1.90 bits per heavy atom. The third-order valence-corrected chi connectivity index (χ3v) is 3.26. The van der Waals surface area contributed by atoms with Crippen LogP contribution in [0.15, 0.2) is 48.5 Å².